The summed E-state index contributed by atoms with van der Waals surface area (Å²) in [6.45, 7) is 9.67. The molecule has 0 spiro atoms. The van der Waals surface area contributed by atoms with Crippen molar-refractivity contribution >= 4 is 11.6 Å². The second-order valence-corrected chi connectivity index (χ2v) is 7.19. The minimum absolute atomic E-state index is 0.0625. The Balaban J connectivity index is 1.53. The lowest BCUT2D eigenvalue weighted by atomic mass is 10.0. The molecule has 1 saturated heterocycles. The van der Waals surface area contributed by atoms with Gasteiger partial charge in [0.1, 0.15) is 5.75 Å². The second-order valence-electron chi connectivity index (χ2n) is 7.19. The van der Waals surface area contributed by atoms with Gasteiger partial charge in [0.05, 0.1) is 0 Å². The van der Waals surface area contributed by atoms with Gasteiger partial charge >= 0.3 is 0 Å². The monoisotopic (exact) mass is 352 g/mol. The number of nitrogens with zero attached hydrogens (tertiary/aromatic N) is 2. The number of anilines is 1. The molecular weight excluding hydrogens is 324 g/mol. The summed E-state index contributed by atoms with van der Waals surface area (Å²) in [5, 5.41) is 0. The maximum absolute atomic E-state index is 12.5. The minimum atomic E-state index is 0.0625. The maximum Gasteiger partial charge on any atom is 0.260 e. The van der Waals surface area contributed by atoms with Crippen LogP contribution in [0.1, 0.15) is 30.9 Å². The summed E-state index contributed by atoms with van der Waals surface area (Å²) in [5.74, 6) is 1.25. The first-order valence-corrected chi connectivity index (χ1v) is 9.35. The molecule has 2 aromatic carbocycles. The average molecular weight is 352 g/mol. The second kappa shape index (κ2) is 8.26. The molecule has 0 aromatic heterocycles. The van der Waals surface area contributed by atoms with Gasteiger partial charge in [-0.05, 0) is 42.2 Å². The van der Waals surface area contributed by atoms with Gasteiger partial charge in [-0.15, -0.1) is 0 Å². The quantitative estimate of drug-likeness (QED) is 0.819. The summed E-state index contributed by atoms with van der Waals surface area (Å²) >= 11 is 0. The molecule has 1 heterocycles. The predicted molar refractivity (Wildman–Crippen MR) is 106 cm³/mol. The highest BCUT2D eigenvalue weighted by atomic mass is 16.5. The fraction of sp³-hybridized carbons (Fsp3) is 0.409. The number of hydrogen-bond acceptors (Lipinski definition) is 3. The predicted octanol–water partition coefficient (Wildman–Crippen LogP) is 3.85. The number of aryl methyl sites for hydroxylation is 1. The third kappa shape index (κ3) is 4.37. The van der Waals surface area contributed by atoms with Crippen molar-refractivity contribution < 1.29 is 9.53 Å². The minimum Gasteiger partial charge on any atom is -0.483 e. The van der Waals surface area contributed by atoms with Crippen molar-refractivity contribution in [3.8, 4) is 5.75 Å². The number of hydrogen-bond donors (Lipinski definition) is 0. The third-order valence-corrected chi connectivity index (χ3v) is 4.89. The zero-order valence-electron chi connectivity index (χ0n) is 15.9. The van der Waals surface area contributed by atoms with Crippen LogP contribution in [0.5, 0.6) is 5.75 Å². The lowest BCUT2D eigenvalue weighted by molar-refractivity contribution is -0.133. The molecule has 0 aliphatic carbocycles. The van der Waals surface area contributed by atoms with Crippen LogP contribution in [-0.4, -0.2) is 43.6 Å². The normalized spacial score (nSPS) is 14.6. The Morgan fingerprint density at radius 2 is 1.77 bits per heavy atom. The van der Waals surface area contributed by atoms with Gasteiger partial charge in [-0.1, -0.05) is 44.2 Å². The topological polar surface area (TPSA) is 32.8 Å². The highest BCUT2D eigenvalue weighted by molar-refractivity contribution is 5.78. The highest BCUT2D eigenvalue weighted by Crippen LogP contribution is 2.26. The number of piperazine rings is 1. The summed E-state index contributed by atoms with van der Waals surface area (Å²) in [6.07, 6.45) is 0. The van der Waals surface area contributed by atoms with Crippen LogP contribution >= 0.6 is 0 Å². The SMILES string of the molecule is Cc1cccc(N2CCN(C(=O)COc3ccccc3C(C)C)CC2)c1. The van der Waals surface area contributed by atoms with Crippen molar-refractivity contribution in [2.45, 2.75) is 26.7 Å². The van der Waals surface area contributed by atoms with Gasteiger partial charge < -0.3 is 14.5 Å². The van der Waals surface area contributed by atoms with Crippen LogP contribution in [0, 0.1) is 6.92 Å². The molecule has 1 fully saturated rings. The molecule has 0 saturated carbocycles. The van der Waals surface area contributed by atoms with E-state index in [-0.39, 0.29) is 12.5 Å². The van der Waals surface area contributed by atoms with Gasteiger partial charge in [0.15, 0.2) is 6.61 Å². The van der Waals surface area contributed by atoms with Crippen molar-refractivity contribution in [1.82, 2.24) is 4.90 Å². The lowest BCUT2D eigenvalue weighted by Crippen LogP contribution is -2.50. The van der Waals surface area contributed by atoms with E-state index in [9.17, 15) is 4.79 Å². The van der Waals surface area contributed by atoms with E-state index in [0.717, 1.165) is 37.5 Å². The number of amides is 1. The van der Waals surface area contributed by atoms with Gasteiger partial charge in [0, 0.05) is 31.9 Å². The molecule has 0 atom stereocenters. The summed E-state index contributed by atoms with van der Waals surface area (Å²) < 4.78 is 5.84. The Labute approximate surface area is 156 Å². The first-order chi connectivity index (χ1) is 12.5. The van der Waals surface area contributed by atoms with Crippen molar-refractivity contribution in [2.75, 3.05) is 37.7 Å². The van der Waals surface area contributed by atoms with E-state index in [2.05, 4.69) is 56.0 Å². The summed E-state index contributed by atoms with van der Waals surface area (Å²) in [4.78, 5) is 16.8. The Kier molecular flexibility index (Phi) is 5.82. The summed E-state index contributed by atoms with van der Waals surface area (Å²) in [5.41, 5.74) is 3.64. The zero-order chi connectivity index (χ0) is 18.5. The molecule has 0 unspecified atom stereocenters. The van der Waals surface area contributed by atoms with E-state index in [1.54, 1.807) is 0 Å². The van der Waals surface area contributed by atoms with E-state index in [0.29, 0.717) is 5.92 Å². The molecule has 3 rings (SSSR count). The first-order valence-electron chi connectivity index (χ1n) is 9.35. The van der Waals surface area contributed by atoms with E-state index in [1.165, 1.54) is 11.3 Å². The molecule has 4 heteroatoms. The lowest BCUT2D eigenvalue weighted by Gasteiger charge is -2.36. The molecule has 138 valence electrons. The molecule has 4 nitrogen and oxygen atoms in total. The van der Waals surface area contributed by atoms with E-state index in [1.807, 2.05) is 23.1 Å². The van der Waals surface area contributed by atoms with Crippen LogP contribution in [0.2, 0.25) is 0 Å². The third-order valence-electron chi connectivity index (χ3n) is 4.89. The van der Waals surface area contributed by atoms with Crippen LogP contribution in [-0.2, 0) is 4.79 Å². The van der Waals surface area contributed by atoms with Crippen molar-refractivity contribution in [1.29, 1.82) is 0 Å². The maximum atomic E-state index is 12.5. The Morgan fingerprint density at radius 1 is 1.04 bits per heavy atom. The van der Waals surface area contributed by atoms with Gasteiger partial charge in [-0.3, -0.25) is 4.79 Å². The summed E-state index contributed by atoms with van der Waals surface area (Å²) in [7, 11) is 0. The molecule has 2 aromatic rings. The van der Waals surface area contributed by atoms with Gasteiger partial charge in [0.2, 0.25) is 0 Å². The Bertz CT molecular complexity index is 749. The number of rotatable bonds is 5. The van der Waals surface area contributed by atoms with E-state index in [4.69, 9.17) is 4.74 Å². The molecular formula is C22H28N2O2. The van der Waals surface area contributed by atoms with Gasteiger partial charge in [-0.25, -0.2) is 0 Å². The van der Waals surface area contributed by atoms with Crippen LogP contribution in [0.4, 0.5) is 5.69 Å². The largest absolute Gasteiger partial charge is 0.483 e. The Morgan fingerprint density at radius 3 is 2.46 bits per heavy atom. The number of benzene rings is 2. The van der Waals surface area contributed by atoms with Gasteiger partial charge in [0.25, 0.3) is 5.91 Å². The van der Waals surface area contributed by atoms with Gasteiger partial charge in [-0.2, -0.15) is 0 Å². The zero-order valence-corrected chi connectivity index (χ0v) is 15.9. The molecule has 0 bridgehead atoms. The summed E-state index contributed by atoms with van der Waals surface area (Å²) in [6, 6.07) is 16.5. The number of ether oxygens (including phenoxy) is 1. The molecule has 26 heavy (non-hydrogen) atoms. The molecule has 0 N–H and O–H groups in total. The fourth-order valence-electron chi connectivity index (χ4n) is 3.36. The average Bonchev–Trinajstić information content (AvgIpc) is 2.66. The van der Waals surface area contributed by atoms with Crippen molar-refractivity contribution in [3.05, 3.63) is 59.7 Å². The Hall–Kier alpha value is -2.49. The number of carbonyl (C=O) groups excluding carboxylic acids is 1. The highest BCUT2D eigenvalue weighted by Gasteiger charge is 2.22. The molecule has 1 aliphatic heterocycles. The van der Waals surface area contributed by atoms with E-state index < -0.39 is 0 Å². The fourth-order valence-corrected chi connectivity index (χ4v) is 3.36. The number of carbonyl (C=O) groups is 1. The van der Waals surface area contributed by atoms with Crippen molar-refractivity contribution in [3.63, 3.8) is 0 Å². The van der Waals surface area contributed by atoms with E-state index >= 15 is 0 Å². The number of para-hydroxylation sites is 1. The van der Waals surface area contributed by atoms with Crippen LogP contribution in [0.15, 0.2) is 48.5 Å². The molecule has 0 radical (unpaired) electrons. The van der Waals surface area contributed by atoms with Crippen molar-refractivity contribution in [2.24, 2.45) is 0 Å². The molecule has 1 aliphatic rings. The van der Waals surface area contributed by atoms with Crippen LogP contribution in [0.25, 0.3) is 0 Å². The first kappa shape index (κ1) is 18.3. The smallest absolute Gasteiger partial charge is 0.260 e. The standard InChI is InChI=1S/C22H28N2O2/c1-17(2)20-9-4-5-10-21(20)26-16-22(25)24-13-11-23(12-14-24)19-8-6-7-18(3)15-19/h4-10,15,17H,11-14,16H2,1-3H3. The molecule has 1 amide bonds. The van der Waals surface area contributed by atoms with Crippen LogP contribution < -0.4 is 9.64 Å². The van der Waals surface area contributed by atoms with Crippen LogP contribution in [0.3, 0.4) is 0 Å².